The summed E-state index contributed by atoms with van der Waals surface area (Å²) < 4.78 is 7.21. The Hall–Kier alpha value is -2.74. The number of benzene rings is 1. The first-order valence-electron chi connectivity index (χ1n) is 11.1. The van der Waals surface area contributed by atoms with E-state index in [1.807, 2.05) is 28.9 Å². The molecule has 1 aromatic carbocycles. The molecule has 1 saturated heterocycles. The molecular weight excluding hydrogens is 392 g/mol. The van der Waals surface area contributed by atoms with Gasteiger partial charge in [0.1, 0.15) is 11.8 Å². The summed E-state index contributed by atoms with van der Waals surface area (Å²) in [5.41, 5.74) is 1.06. The molecule has 1 N–H and O–H groups in total. The maximum absolute atomic E-state index is 13.3. The van der Waals surface area contributed by atoms with Crippen LogP contribution in [0, 0.1) is 5.92 Å². The molecule has 0 bridgehead atoms. The van der Waals surface area contributed by atoms with Crippen molar-refractivity contribution >= 4 is 10.9 Å². The fourth-order valence-electron chi connectivity index (χ4n) is 4.43. The number of pyridine rings is 1. The van der Waals surface area contributed by atoms with Crippen LogP contribution in [0.4, 0.5) is 0 Å². The molecular formula is C23H32N6O2. The van der Waals surface area contributed by atoms with E-state index in [4.69, 9.17) is 4.74 Å². The zero-order valence-electron chi connectivity index (χ0n) is 19.1. The van der Waals surface area contributed by atoms with Gasteiger partial charge in [0, 0.05) is 18.2 Å². The zero-order chi connectivity index (χ0) is 22.2. The lowest BCUT2D eigenvalue weighted by Gasteiger charge is -2.37. The largest absolute Gasteiger partial charge is 0.497 e. The lowest BCUT2D eigenvalue weighted by atomic mass is 9.94. The van der Waals surface area contributed by atoms with E-state index in [1.54, 1.807) is 7.11 Å². The summed E-state index contributed by atoms with van der Waals surface area (Å²) in [5, 5.41) is 13.8. The predicted molar refractivity (Wildman–Crippen MR) is 120 cm³/mol. The number of nitrogens with zero attached hydrogens (tertiary/aromatic N) is 5. The number of fused-ring (bicyclic) bond motifs is 1. The minimum atomic E-state index is -0.307. The van der Waals surface area contributed by atoms with E-state index in [0.29, 0.717) is 17.2 Å². The molecule has 8 nitrogen and oxygen atoms in total. The Bertz CT molecular complexity index is 1120. The number of piperidine rings is 1. The van der Waals surface area contributed by atoms with Crippen LogP contribution in [-0.2, 0) is 5.54 Å². The Labute approximate surface area is 182 Å². The van der Waals surface area contributed by atoms with Gasteiger partial charge in [-0.2, -0.15) is 0 Å². The molecule has 1 aliphatic rings. The standard InChI is InChI=1S/C23H32N6O2/c1-6-23(3,4)29-21(25-26-27-29)20(28-11-7-8-15(2)14-28)18-12-16-9-10-17(31-5)13-19(16)24-22(18)30/h9-10,12-13,15,20H,6-8,11,14H2,1-5H3,(H,24,30). The van der Waals surface area contributed by atoms with E-state index in [2.05, 4.69) is 53.1 Å². The van der Waals surface area contributed by atoms with Crippen molar-refractivity contribution in [3.05, 3.63) is 46.0 Å². The second-order valence-electron chi connectivity index (χ2n) is 9.27. The molecule has 4 rings (SSSR count). The SMILES string of the molecule is CCC(C)(C)n1nnnc1C(c1cc2ccc(OC)cc2[nH]c1=O)N1CCCC(C)C1. The van der Waals surface area contributed by atoms with Gasteiger partial charge < -0.3 is 9.72 Å². The Morgan fingerprint density at radius 1 is 1.32 bits per heavy atom. The molecule has 0 radical (unpaired) electrons. The van der Waals surface area contributed by atoms with E-state index >= 15 is 0 Å². The van der Waals surface area contributed by atoms with Gasteiger partial charge in [0.25, 0.3) is 5.56 Å². The first-order valence-corrected chi connectivity index (χ1v) is 11.1. The second-order valence-corrected chi connectivity index (χ2v) is 9.27. The Morgan fingerprint density at radius 3 is 2.84 bits per heavy atom. The predicted octanol–water partition coefficient (Wildman–Crippen LogP) is 3.49. The van der Waals surface area contributed by atoms with Crippen molar-refractivity contribution in [1.82, 2.24) is 30.1 Å². The van der Waals surface area contributed by atoms with E-state index in [1.165, 1.54) is 6.42 Å². The molecule has 166 valence electrons. The lowest BCUT2D eigenvalue weighted by Crippen LogP contribution is -2.42. The van der Waals surface area contributed by atoms with Gasteiger partial charge in [0.15, 0.2) is 5.82 Å². The van der Waals surface area contributed by atoms with Crippen LogP contribution in [0.1, 0.15) is 64.4 Å². The van der Waals surface area contributed by atoms with Gasteiger partial charge in [-0.3, -0.25) is 9.69 Å². The summed E-state index contributed by atoms with van der Waals surface area (Å²) in [6.07, 6.45) is 3.17. The van der Waals surface area contributed by atoms with Crippen LogP contribution in [0.3, 0.4) is 0 Å². The Morgan fingerprint density at radius 2 is 2.13 bits per heavy atom. The Kier molecular flexibility index (Phi) is 5.83. The number of hydrogen-bond donors (Lipinski definition) is 1. The molecule has 1 fully saturated rings. The summed E-state index contributed by atoms with van der Waals surface area (Å²) >= 11 is 0. The van der Waals surface area contributed by atoms with Gasteiger partial charge in [0.2, 0.25) is 0 Å². The highest BCUT2D eigenvalue weighted by molar-refractivity contribution is 5.80. The highest BCUT2D eigenvalue weighted by atomic mass is 16.5. The number of likely N-dealkylation sites (tertiary alicyclic amines) is 1. The molecule has 1 aliphatic heterocycles. The monoisotopic (exact) mass is 424 g/mol. The van der Waals surface area contributed by atoms with Crippen LogP contribution in [-0.4, -0.2) is 50.3 Å². The third-order valence-corrected chi connectivity index (χ3v) is 6.61. The van der Waals surface area contributed by atoms with Crippen molar-refractivity contribution < 1.29 is 4.74 Å². The average molecular weight is 425 g/mol. The zero-order valence-corrected chi connectivity index (χ0v) is 19.1. The lowest BCUT2D eigenvalue weighted by molar-refractivity contribution is 0.135. The third kappa shape index (κ3) is 4.08. The molecule has 8 heteroatoms. The molecule has 0 aliphatic carbocycles. The maximum Gasteiger partial charge on any atom is 0.253 e. The van der Waals surface area contributed by atoms with Crippen molar-refractivity contribution in [2.45, 2.75) is 58.5 Å². The summed E-state index contributed by atoms with van der Waals surface area (Å²) in [5.74, 6) is 1.99. The molecule has 0 spiro atoms. The number of tetrazole rings is 1. The number of H-pyrrole nitrogens is 1. The van der Waals surface area contributed by atoms with Crippen LogP contribution in [0.25, 0.3) is 10.9 Å². The summed E-state index contributed by atoms with van der Waals surface area (Å²) in [4.78, 5) is 18.7. The van der Waals surface area contributed by atoms with E-state index in [-0.39, 0.29) is 17.1 Å². The van der Waals surface area contributed by atoms with E-state index < -0.39 is 0 Å². The molecule has 0 saturated carbocycles. The minimum absolute atomic E-state index is 0.118. The summed E-state index contributed by atoms with van der Waals surface area (Å²) in [6, 6.07) is 7.41. The van der Waals surface area contributed by atoms with Gasteiger partial charge in [-0.1, -0.05) is 13.8 Å². The van der Waals surface area contributed by atoms with Crippen LogP contribution >= 0.6 is 0 Å². The van der Waals surface area contributed by atoms with Crippen LogP contribution in [0.15, 0.2) is 29.1 Å². The van der Waals surface area contributed by atoms with Crippen molar-refractivity contribution in [2.24, 2.45) is 5.92 Å². The number of rotatable bonds is 6. The maximum atomic E-state index is 13.3. The average Bonchev–Trinajstić information content (AvgIpc) is 3.24. The molecule has 0 amide bonds. The minimum Gasteiger partial charge on any atom is -0.497 e. The first kappa shape index (κ1) is 21.5. The number of methoxy groups -OCH3 is 1. The van der Waals surface area contributed by atoms with Gasteiger partial charge in [-0.05, 0) is 79.6 Å². The highest BCUT2D eigenvalue weighted by Gasteiger charge is 2.35. The number of aromatic amines is 1. The van der Waals surface area contributed by atoms with Crippen molar-refractivity contribution in [3.8, 4) is 5.75 Å². The van der Waals surface area contributed by atoms with Crippen LogP contribution < -0.4 is 10.3 Å². The smallest absolute Gasteiger partial charge is 0.253 e. The molecule has 31 heavy (non-hydrogen) atoms. The second kappa shape index (κ2) is 8.42. The van der Waals surface area contributed by atoms with Crippen molar-refractivity contribution in [3.63, 3.8) is 0 Å². The van der Waals surface area contributed by atoms with Gasteiger partial charge in [-0.25, -0.2) is 4.68 Å². The number of nitrogens with one attached hydrogen (secondary N) is 1. The quantitative estimate of drug-likeness (QED) is 0.652. The number of ether oxygens (including phenoxy) is 1. The normalized spacial score (nSPS) is 18.9. The highest BCUT2D eigenvalue weighted by Crippen LogP contribution is 2.33. The molecule has 3 heterocycles. The van der Waals surface area contributed by atoms with Crippen LogP contribution in [0.5, 0.6) is 5.75 Å². The third-order valence-electron chi connectivity index (χ3n) is 6.61. The number of hydrogen-bond acceptors (Lipinski definition) is 6. The van der Waals surface area contributed by atoms with Gasteiger partial charge >= 0.3 is 0 Å². The summed E-state index contributed by atoms with van der Waals surface area (Å²) in [6.45, 7) is 10.5. The van der Waals surface area contributed by atoms with Gasteiger partial charge in [-0.15, -0.1) is 5.10 Å². The van der Waals surface area contributed by atoms with Crippen molar-refractivity contribution in [2.75, 3.05) is 20.2 Å². The van der Waals surface area contributed by atoms with Crippen molar-refractivity contribution in [1.29, 1.82) is 0 Å². The first-order chi connectivity index (χ1) is 14.8. The molecule has 3 aromatic rings. The van der Waals surface area contributed by atoms with Gasteiger partial charge in [0.05, 0.1) is 18.2 Å². The number of aromatic nitrogens is 5. The summed E-state index contributed by atoms with van der Waals surface area (Å²) in [7, 11) is 1.62. The van der Waals surface area contributed by atoms with Crippen LogP contribution in [0.2, 0.25) is 0 Å². The fourth-order valence-corrected chi connectivity index (χ4v) is 4.43. The molecule has 2 aromatic heterocycles. The van der Waals surface area contributed by atoms with E-state index in [9.17, 15) is 4.79 Å². The molecule has 2 atom stereocenters. The van der Waals surface area contributed by atoms with E-state index in [0.717, 1.165) is 42.7 Å². The Balaban J connectivity index is 1.89. The fraction of sp³-hybridized carbons (Fsp3) is 0.565. The topological polar surface area (TPSA) is 88.9 Å². The molecule has 2 unspecified atom stereocenters.